The molecule has 0 amide bonds. The zero-order chi connectivity index (χ0) is 18.2. The van der Waals surface area contributed by atoms with Gasteiger partial charge in [0, 0.05) is 35.1 Å². The van der Waals surface area contributed by atoms with Crippen molar-refractivity contribution in [2.75, 3.05) is 6.54 Å². The van der Waals surface area contributed by atoms with Crippen LogP contribution in [-0.4, -0.2) is 31.0 Å². The van der Waals surface area contributed by atoms with Crippen LogP contribution in [0.1, 0.15) is 23.1 Å². The van der Waals surface area contributed by atoms with Crippen molar-refractivity contribution in [2.45, 2.75) is 32.2 Å². The first kappa shape index (κ1) is 16.7. The molecule has 1 aromatic carbocycles. The van der Waals surface area contributed by atoms with E-state index in [0.717, 1.165) is 42.5 Å². The molecule has 1 aliphatic heterocycles. The van der Waals surface area contributed by atoms with Gasteiger partial charge < -0.3 is 15.0 Å². The maximum absolute atomic E-state index is 10.8. The number of fused-ring (bicyclic) bond motifs is 2. The van der Waals surface area contributed by atoms with E-state index < -0.39 is 6.10 Å². The molecule has 0 fully saturated rings. The molecule has 1 aliphatic rings. The van der Waals surface area contributed by atoms with Gasteiger partial charge in [0.05, 0.1) is 12.2 Å². The van der Waals surface area contributed by atoms with Crippen LogP contribution in [0, 0.1) is 0 Å². The fourth-order valence-electron chi connectivity index (χ4n) is 3.60. The van der Waals surface area contributed by atoms with E-state index >= 15 is 0 Å². The fourth-order valence-corrected chi connectivity index (χ4v) is 4.65. The van der Waals surface area contributed by atoms with E-state index in [1.54, 1.807) is 17.5 Å². The molecule has 138 valence electrons. The minimum absolute atomic E-state index is 0.461. The molecular formula is C20H21N5OS. The topological polar surface area (TPSA) is 67.9 Å². The van der Waals surface area contributed by atoms with Gasteiger partial charge in [-0.15, -0.1) is 11.3 Å². The SMILES string of the molecule is O[C@@H](Cn1ccnc1-c1cc2n(n1)CCCNC2)c1cc2ccccc2s1. The summed E-state index contributed by atoms with van der Waals surface area (Å²) in [6, 6.07) is 12.4. The Morgan fingerprint density at radius 1 is 1.26 bits per heavy atom. The molecule has 4 aromatic rings. The first-order chi connectivity index (χ1) is 13.3. The van der Waals surface area contributed by atoms with Gasteiger partial charge >= 0.3 is 0 Å². The number of nitrogens with zero attached hydrogens (tertiary/aromatic N) is 4. The summed E-state index contributed by atoms with van der Waals surface area (Å²) in [5.41, 5.74) is 2.05. The number of nitrogens with one attached hydrogen (secondary N) is 1. The van der Waals surface area contributed by atoms with Crippen LogP contribution >= 0.6 is 11.3 Å². The van der Waals surface area contributed by atoms with Crippen LogP contribution in [0.5, 0.6) is 0 Å². The average molecular weight is 379 g/mol. The highest BCUT2D eigenvalue weighted by Crippen LogP contribution is 2.31. The predicted octanol–water partition coefficient (Wildman–Crippen LogP) is 3.19. The van der Waals surface area contributed by atoms with E-state index in [4.69, 9.17) is 5.10 Å². The third-order valence-corrected chi connectivity index (χ3v) is 6.20. The van der Waals surface area contributed by atoms with Crippen LogP contribution in [0.2, 0.25) is 0 Å². The Morgan fingerprint density at radius 2 is 2.19 bits per heavy atom. The standard InChI is InChI=1S/C20H21N5OS/c26-17(19-10-14-4-1-2-5-18(14)27-19)13-24-9-7-22-20(24)16-11-15-12-21-6-3-8-25(15)23-16/h1-2,4-5,7,9-11,17,21,26H,3,6,8,12-13H2/t17-/m0/s1. The van der Waals surface area contributed by atoms with Crippen molar-refractivity contribution >= 4 is 21.4 Å². The van der Waals surface area contributed by atoms with E-state index in [0.29, 0.717) is 6.54 Å². The number of hydrogen-bond donors (Lipinski definition) is 2. The molecule has 4 heterocycles. The molecule has 7 heteroatoms. The van der Waals surface area contributed by atoms with Crippen LogP contribution in [0.4, 0.5) is 0 Å². The first-order valence-corrected chi connectivity index (χ1v) is 10.0. The van der Waals surface area contributed by atoms with Gasteiger partial charge in [-0.2, -0.15) is 5.10 Å². The second-order valence-corrected chi connectivity index (χ2v) is 8.00. The van der Waals surface area contributed by atoms with Gasteiger partial charge in [-0.25, -0.2) is 4.98 Å². The monoisotopic (exact) mass is 379 g/mol. The molecule has 2 N–H and O–H groups in total. The van der Waals surface area contributed by atoms with Crippen molar-refractivity contribution < 1.29 is 5.11 Å². The van der Waals surface area contributed by atoms with E-state index in [1.165, 1.54) is 15.8 Å². The largest absolute Gasteiger partial charge is 0.386 e. The lowest BCUT2D eigenvalue weighted by atomic mass is 10.2. The van der Waals surface area contributed by atoms with E-state index in [2.05, 4.69) is 39.2 Å². The van der Waals surface area contributed by atoms with E-state index in [1.807, 2.05) is 22.9 Å². The van der Waals surface area contributed by atoms with Crippen LogP contribution < -0.4 is 5.32 Å². The smallest absolute Gasteiger partial charge is 0.160 e. The molecule has 3 aromatic heterocycles. The maximum Gasteiger partial charge on any atom is 0.160 e. The Balaban J connectivity index is 1.41. The summed E-state index contributed by atoms with van der Waals surface area (Å²) in [5, 5.41) is 20.1. The lowest BCUT2D eigenvalue weighted by Gasteiger charge is -2.11. The molecule has 6 nitrogen and oxygen atoms in total. The predicted molar refractivity (Wildman–Crippen MR) is 107 cm³/mol. The molecule has 0 aliphatic carbocycles. The van der Waals surface area contributed by atoms with Gasteiger partial charge in [-0.05, 0) is 36.6 Å². The lowest BCUT2D eigenvalue weighted by Crippen LogP contribution is -2.11. The zero-order valence-corrected chi connectivity index (χ0v) is 15.7. The number of benzene rings is 1. The third-order valence-electron chi connectivity index (χ3n) is 4.98. The Kier molecular flexibility index (Phi) is 4.27. The Hall–Kier alpha value is -2.48. The van der Waals surface area contributed by atoms with Crippen LogP contribution in [0.15, 0.2) is 48.8 Å². The molecule has 0 radical (unpaired) electrons. The summed E-state index contributed by atoms with van der Waals surface area (Å²) in [5.74, 6) is 0.802. The second-order valence-electron chi connectivity index (χ2n) is 6.88. The molecule has 0 saturated heterocycles. The summed E-state index contributed by atoms with van der Waals surface area (Å²) in [6.45, 7) is 3.24. The molecule has 0 saturated carbocycles. The summed E-state index contributed by atoms with van der Waals surface area (Å²) in [7, 11) is 0. The van der Waals surface area contributed by atoms with Crippen molar-refractivity contribution in [2.24, 2.45) is 0 Å². The minimum atomic E-state index is -0.572. The lowest BCUT2D eigenvalue weighted by molar-refractivity contribution is 0.161. The molecule has 0 bridgehead atoms. The molecule has 0 unspecified atom stereocenters. The van der Waals surface area contributed by atoms with E-state index in [9.17, 15) is 5.11 Å². The summed E-state index contributed by atoms with van der Waals surface area (Å²) < 4.78 is 5.25. The van der Waals surface area contributed by atoms with Gasteiger partial charge in [-0.3, -0.25) is 4.68 Å². The number of aliphatic hydroxyl groups is 1. The summed E-state index contributed by atoms with van der Waals surface area (Å²) in [4.78, 5) is 5.47. The van der Waals surface area contributed by atoms with Gasteiger partial charge in [0.1, 0.15) is 11.8 Å². The number of aryl methyl sites for hydroxylation is 1. The molecule has 1 atom stereocenters. The highest BCUT2D eigenvalue weighted by atomic mass is 32.1. The van der Waals surface area contributed by atoms with Crippen molar-refractivity contribution in [3.05, 3.63) is 59.4 Å². The van der Waals surface area contributed by atoms with Crippen molar-refractivity contribution in [3.8, 4) is 11.5 Å². The molecule has 5 rings (SSSR count). The number of imidazole rings is 1. The van der Waals surface area contributed by atoms with Gasteiger partial charge in [0.15, 0.2) is 5.82 Å². The van der Waals surface area contributed by atoms with Crippen molar-refractivity contribution in [3.63, 3.8) is 0 Å². The number of thiophene rings is 1. The average Bonchev–Trinajstić information content (AvgIpc) is 3.37. The van der Waals surface area contributed by atoms with Crippen LogP contribution in [0.3, 0.4) is 0 Å². The van der Waals surface area contributed by atoms with Crippen LogP contribution in [0.25, 0.3) is 21.6 Å². The molecule has 27 heavy (non-hydrogen) atoms. The number of aliphatic hydroxyl groups excluding tert-OH is 1. The Bertz CT molecular complexity index is 1020. The third kappa shape index (κ3) is 3.18. The highest BCUT2D eigenvalue weighted by molar-refractivity contribution is 7.19. The van der Waals surface area contributed by atoms with Gasteiger partial charge in [-0.1, -0.05) is 18.2 Å². The second kappa shape index (κ2) is 6.92. The quantitative estimate of drug-likeness (QED) is 0.571. The highest BCUT2D eigenvalue weighted by Gasteiger charge is 2.18. The number of aromatic nitrogens is 4. The van der Waals surface area contributed by atoms with Gasteiger partial charge in [0.2, 0.25) is 0 Å². The van der Waals surface area contributed by atoms with Crippen molar-refractivity contribution in [1.29, 1.82) is 0 Å². The minimum Gasteiger partial charge on any atom is -0.386 e. The Labute approximate surface area is 161 Å². The molecule has 0 spiro atoms. The fraction of sp³-hybridized carbons (Fsp3) is 0.300. The first-order valence-electron chi connectivity index (χ1n) is 9.23. The number of rotatable bonds is 4. The maximum atomic E-state index is 10.8. The zero-order valence-electron chi connectivity index (χ0n) is 14.9. The van der Waals surface area contributed by atoms with Crippen LogP contribution in [-0.2, 0) is 19.6 Å². The number of hydrogen-bond acceptors (Lipinski definition) is 5. The summed E-state index contributed by atoms with van der Waals surface area (Å²) in [6.07, 6.45) is 4.19. The summed E-state index contributed by atoms with van der Waals surface area (Å²) >= 11 is 1.64. The molecular weight excluding hydrogens is 358 g/mol. The van der Waals surface area contributed by atoms with Crippen molar-refractivity contribution in [1.82, 2.24) is 24.6 Å². The van der Waals surface area contributed by atoms with E-state index in [-0.39, 0.29) is 0 Å². The van der Waals surface area contributed by atoms with Gasteiger partial charge in [0.25, 0.3) is 0 Å². The Morgan fingerprint density at radius 3 is 3.11 bits per heavy atom. The normalized spacial score (nSPS) is 15.6.